The van der Waals surface area contributed by atoms with Crippen LogP contribution in [0.3, 0.4) is 0 Å². The molecule has 0 radical (unpaired) electrons. The molecule has 0 aliphatic heterocycles. The fourth-order valence-corrected chi connectivity index (χ4v) is 8.50. The topological polar surface area (TPSA) is 25.8 Å². The second kappa shape index (κ2) is 10.1. The van der Waals surface area contributed by atoms with Crippen LogP contribution < -0.4 is 0 Å². The number of hydrogen-bond acceptors (Lipinski definition) is 3. The van der Waals surface area contributed by atoms with Gasteiger partial charge in [-0.1, -0.05) is 140 Å². The highest BCUT2D eigenvalue weighted by Crippen LogP contribution is 2.55. The first-order valence-corrected chi connectivity index (χ1v) is 16.2. The van der Waals surface area contributed by atoms with Gasteiger partial charge in [0.05, 0.1) is 11.4 Å². The normalized spacial score (nSPS) is 15.3. The molecule has 0 N–H and O–H groups in total. The van der Waals surface area contributed by atoms with E-state index in [9.17, 15) is 0 Å². The molecular formula is C42H28N2S. The monoisotopic (exact) mass is 592 g/mol. The minimum absolute atomic E-state index is 0.340. The molecule has 212 valence electrons. The molecule has 2 nitrogen and oxygen atoms in total. The van der Waals surface area contributed by atoms with E-state index in [1.54, 1.807) is 0 Å². The van der Waals surface area contributed by atoms with Crippen LogP contribution in [0.1, 0.15) is 23.6 Å². The standard InChI is InChI=1S/C42H28N2S/c1-42(28-16-6-3-7-17-28)35-24-10-8-18-29(35)31-20-12-22-33(39(31)42)36-26-37(44-41(43-36)27-14-4-2-5-15-27)34-23-13-21-32-30-19-9-11-25-38(30)45-40(32)34/h2-26H,1H3. The molecule has 8 aromatic rings. The summed E-state index contributed by atoms with van der Waals surface area (Å²) >= 11 is 1.83. The Hall–Kier alpha value is -5.38. The SMILES string of the molecule is CC1(c2ccccc2)c2ccccc2-c2cccc(-c3cc(-c4cccc5c4sc4ccccc45)nc(-c4ccccc4)n3)c21. The number of hydrogen-bond donors (Lipinski definition) is 0. The smallest absolute Gasteiger partial charge is 0.160 e. The lowest BCUT2D eigenvalue weighted by molar-refractivity contribution is 0.715. The van der Waals surface area contributed by atoms with Gasteiger partial charge in [0.1, 0.15) is 0 Å². The van der Waals surface area contributed by atoms with Crippen LogP contribution in [0.5, 0.6) is 0 Å². The molecule has 0 fully saturated rings. The Morgan fingerprint density at radius 2 is 1.11 bits per heavy atom. The predicted octanol–water partition coefficient (Wildman–Crippen LogP) is 11.2. The molecule has 0 amide bonds. The van der Waals surface area contributed by atoms with Crippen molar-refractivity contribution in [2.24, 2.45) is 0 Å². The van der Waals surface area contributed by atoms with Crippen LogP contribution >= 0.6 is 11.3 Å². The molecule has 2 aromatic heterocycles. The van der Waals surface area contributed by atoms with E-state index >= 15 is 0 Å². The molecule has 1 unspecified atom stereocenters. The number of fused-ring (bicyclic) bond motifs is 6. The first-order valence-electron chi connectivity index (χ1n) is 15.3. The van der Waals surface area contributed by atoms with E-state index in [2.05, 4.69) is 153 Å². The zero-order valence-corrected chi connectivity index (χ0v) is 25.6. The van der Waals surface area contributed by atoms with Gasteiger partial charge in [0.25, 0.3) is 0 Å². The van der Waals surface area contributed by atoms with Crippen LogP contribution in [0.25, 0.3) is 65.2 Å². The van der Waals surface area contributed by atoms with Gasteiger partial charge in [-0.15, -0.1) is 11.3 Å². The average molecular weight is 593 g/mol. The average Bonchev–Trinajstić information content (AvgIpc) is 3.63. The summed E-state index contributed by atoms with van der Waals surface area (Å²) in [5.41, 5.74) is 11.3. The predicted molar refractivity (Wildman–Crippen MR) is 189 cm³/mol. The number of rotatable bonds is 4. The largest absolute Gasteiger partial charge is 0.228 e. The van der Waals surface area contributed by atoms with Crippen molar-refractivity contribution in [3.63, 3.8) is 0 Å². The Kier molecular flexibility index (Phi) is 5.84. The summed E-state index contributed by atoms with van der Waals surface area (Å²) < 4.78 is 2.54. The lowest BCUT2D eigenvalue weighted by Crippen LogP contribution is -2.23. The summed E-state index contributed by atoms with van der Waals surface area (Å²) in [7, 11) is 0. The van der Waals surface area contributed by atoms with Crippen molar-refractivity contribution in [2.45, 2.75) is 12.3 Å². The Morgan fingerprint density at radius 3 is 1.96 bits per heavy atom. The van der Waals surface area contributed by atoms with Crippen LogP contribution in [0, 0.1) is 0 Å². The fraction of sp³-hybridized carbons (Fsp3) is 0.0476. The molecule has 0 saturated carbocycles. The molecule has 1 aliphatic carbocycles. The van der Waals surface area contributed by atoms with Crippen LogP contribution in [-0.2, 0) is 5.41 Å². The van der Waals surface area contributed by atoms with E-state index < -0.39 is 0 Å². The van der Waals surface area contributed by atoms with E-state index in [4.69, 9.17) is 9.97 Å². The molecule has 2 heterocycles. The maximum absolute atomic E-state index is 5.31. The maximum atomic E-state index is 5.31. The summed E-state index contributed by atoms with van der Waals surface area (Å²) in [6.07, 6.45) is 0. The molecule has 45 heavy (non-hydrogen) atoms. The van der Waals surface area contributed by atoms with Gasteiger partial charge in [0.2, 0.25) is 0 Å². The van der Waals surface area contributed by atoms with Crippen molar-refractivity contribution in [2.75, 3.05) is 0 Å². The minimum Gasteiger partial charge on any atom is -0.228 e. The van der Waals surface area contributed by atoms with Crippen molar-refractivity contribution < 1.29 is 0 Å². The van der Waals surface area contributed by atoms with E-state index in [1.165, 1.54) is 48.0 Å². The molecule has 1 atom stereocenters. The van der Waals surface area contributed by atoms with Gasteiger partial charge in [-0.2, -0.15) is 0 Å². The third kappa shape index (κ3) is 3.94. The van der Waals surface area contributed by atoms with Gasteiger partial charge in [-0.3, -0.25) is 0 Å². The minimum atomic E-state index is -0.340. The Labute approximate surface area is 266 Å². The maximum Gasteiger partial charge on any atom is 0.160 e. The summed E-state index contributed by atoms with van der Waals surface area (Å²) in [6, 6.07) is 54.2. The van der Waals surface area contributed by atoms with Crippen molar-refractivity contribution in [1.82, 2.24) is 9.97 Å². The molecule has 0 saturated heterocycles. The Morgan fingerprint density at radius 1 is 0.511 bits per heavy atom. The van der Waals surface area contributed by atoms with Crippen molar-refractivity contribution >= 4 is 31.5 Å². The highest BCUT2D eigenvalue weighted by Gasteiger charge is 2.42. The molecule has 3 heteroatoms. The van der Waals surface area contributed by atoms with Crippen molar-refractivity contribution in [3.8, 4) is 45.0 Å². The first-order chi connectivity index (χ1) is 22.2. The van der Waals surface area contributed by atoms with E-state index in [1.807, 2.05) is 17.4 Å². The summed E-state index contributed by atoms with van der Waals surface area (Å²) in [5, 5.41) is 2.55. The lowest BCUT2D eigenvalue weighted by Gasteiger charge is -2.30. The van der Waals surface area contributed by atoms with Crippen molar-refractivity contribution in [1.29, 1.82) is 0 Å². The second-order valence-corrected chi connectivity index (χ2v) is 12.9. The van der Waals surface area contributed by atoms with Gasteiger partial charge >= 0.3 is 0 Å². The van der Waals surface area contributed by atoms with Gasteiger partial charge in [0.15, 0.2) is 5.82 Å². The molecular weight excluding hydrogens is 565 g/mol. The third-order valence-electron chi connectivity index (χ3n) is 9.39. The third-order valence-corrected chi connectivity index (χ3v) is 10.6. The van der Waals surface area contributed by atoms with Gasteiger partial charge in [-0.05, 0) is 46.9 Å². The number of nitrogens with zero attached hydrogens (tertiary/aromatic N) is 2. The Balaban J connectivity index is 1.34. The van der Waals surface area contributed by atoms with E-state index in [-0.39, 0.29) is 5.41 Å². The fourth-order valence-electron chi connectivity index (χ4n) is 7.28. The van der Waals surface area contributed by atoms with Crippen molar-refractivity contribution in [3.05, 3.63) is 168 Å². The molecule has 1 aliphatic rings. The molecule has 0 spiro atoms. The van der Waals surface area contributed by atoms with Crippen LogP contribution in [0.4, 0.5) is 0 Å². The first kappa shape index (κ1) is 26.1. The highest BCUT2D eigenvalue weighted by molar-refractivity contribution is 7.26. The zero-order valence-electron chi connectivity index (χ0n) is 24.7. The van der Waals surface area contributed by atoms with E-state index in [0.717, 1.165) is 33.9 Å². The van der Waals surface area contributed by atoms with E-state index in [0.29, 0.717) is 0 Å². The number of thiophene rings is 1. The molecule has 0 bridgehead atoms. The zero-order chi connectivity index (χ0) is 30.0. The quantitative estimate of drug-likeness (QED) is 0.203. The van der Waals surface area contributed by atoms with Gasteiger partial charge in [-0.25, -0.2) is 9.97 Å². The number of benzene rings is 6. The number of aromatic nitrogens is 2. The van der Waals surface area contributed by atoms with Gasteiger partial charge < -0.3 is 0 Å². The highest BCUT2D eigenvalue weighted by atomic mass is 32.1. The van der Waals surface area contributed by atoms with Crippen LogP contribution in [0.2, 0.25) is 0 Å². The molecule has 9 rings (SSSR count). The lowest BCUT2D eigenvalue weighted by atomic mass is 9.72. The van der Waals surface area contributed by atoms with Gasteiger partial charge in [0, 0.05) is 42.3 Å². The van der Waals surface area contributed by atoms with Crippen LogP contribution in [-0.4, -0.2) is 9.97 Å². The summed E-state index contributed by atoms with van der Waals surface area (Å²) in [5.74, 6) is 0.732. The molecule has 6 aromatic carbocycles. The summed E-state index contributed by atoms with van der Waals surface area (Å²) in [6.45, 7) is 2.37. The second-order valence-electron chi connectivity index (χ2n) is 11.9. The summed E-state index contributed by atoms with van der Waals surface area (Å²) in [4.78, 5) is 10.6. The Bertz CT molecular complexity index is 2390. The van der Waals surface area contributed by atoms with Crippen LogP contribution in [0.15, 0.2) is 152 Å².